The number of piperidine rings is 1. The summed E-state index contributed by atoms with van der Waals surface area (Å²) in [7, 11) is 1.96. The number of anilines is 1. The first-order valence-corrected chi connectivity index (χ1v) is 7.51. The minimum absolute atomic E-state index is 0.0802. The number of nitrogens with one attached hydrogen (secondary N) is 2. The summed E-state index contributed by atoms with van der Waals surface area (Å²) in [5, 5.41) is 5.96. The molecule has 4 nitrogen and oxygen atoms in total. The molecule has 5 heteroatoms. The zero-order valence-electron chi connectivity index (χ0n) is 12.8. The summed E-state index contributed by atoms with van der Waals surface area (Å²) in [6.07, 6.45) is 2.33. The number of likely N-dealkylation sites (tertiary alicyclic amines) is 1. The van der Waals surface area contributed by atoms with Gasteiger partial charge in [0, 0.05) is 12.2 Å². The molecule has 1 heterocycles. The first-order valence-electron chi connectivity index (χ1n) is 7.51. The van der Waals surface area contributed by atoms with Crippen LogP contribution in [0.3, 0.4) is 0 Å². The second-order valence-electron chi connectivity index (χ2n) is 5.81. The number of carbonyl (C=O) groups excluding carboxylic acids is 1. The van der Waals surface area contributed by atoms with E-state index in [1.165, 1.54) is 12.5 Å². The normalized spacial score (nSPS) is 19.5. The summed E-state index contributed by atoms with van der Waals surface area (Å²) in [5.41, 5.74) is 1.10. The van der Waals surface area contributed by atoms with Gasteiger partial charge in [-0.3, -0.25) is 9.69 Å². The van der Waals surface area contributed by atoms with Crippen molar-refractivity contribution in [1.29, 1.82) is 0 Å². The van der Waals surface area contributed by atoms with Crippen molar-refractivity contribution in [3.8, 4) is 0 Å². The predicted molar refractivity (Wildman–Crippen MR) is 82.9 cm³/mol. The number of halogens is 1. The molecule has 0 saturated carbocycles. The van der Waals surface area contributed by atoms with E-state index in [-0.39, 0.29) is 11.7 Å². The first-order chi connectivity index (χ1) is 10.1. The van der Waals surface area contributed by atoms with Crippen molar-refractivity contribution in [2.75, 3.05) is 38.5 Å². The average molecular weight is 293 g/mol. The fourth-order valence-corrected chi connectivity index (χ4v) is 2.82. The molecule has 1 aliphatic rings. The van der Waals surface area contributed by atoms with Gasteiger partial charge in [0.25, 0.3) is 0 Å². The van der Waals surface area contributed by atoms with Crippen molar-refractivity contribution < 1.29 is 9.18 Å². The molecular weight excluding hydrogens is 269 g/mol. The first kappa shape index (κ1) is 15.9. The molecule has 1 saturated heterocycles. The lowest BCUT2D eigenvalue weighted by Crippen LogP contribution is -2.42. The Labute approximate surface area is 125 Å². The fraction of sp³-hybridized carbons (Fsp3) is 0.562. The summed E-state index contributed by atoms with van der Waals surface area (Å²) in [5.74, 6) is 0.233. The predicted octanol–water partition coefficient (Wildman–Crippen LogP) is 2.00. The number of benzene rings is 1. The van der Waals surface area contributed by atoms with Crippen molar-refractivity contribution in [2.24, 2.45) is 5.92 Å². The molecule has 1 aromatic rings. The molecule has 1 amide bonds. The number of rotatable bonds is 5. The van der Waals surface area contributed by atoms with Gasteiger partial charge >= 0.3 is 0 Å². The Kier molecular flexibility index (Phi) is 5.70. The third-order valence-electron chi connectivity index (χ3n) is 3.92. The van der Waals surface area contributed by atoms with Crippen LogP contribution in [0, 0.1) is 18.7 Å². The number of amides is 1. The lowest BCUT2D eigenvalue weighted by molar-refractivity contribution is -0.117. The maximum absolute atomic E-state index is 13.5. The Balaban J connectivity index is 1.84. The fourth-order valence-electron chi connectivity index (χ4n) is 2.82. The van der Waals surface area contributed by atoms with Crippen LogP contribution in [0.4, 0.5) is 10.1 Å². The Bertz CT molecular complexity index is 490. The topological polar surface area (TPSA) is 44.4 Å². The van der Waals surface area contributed by atoms with Gasteiger partial charge in [0.1, 0.15) is 5.82 Å². The SMILES string of the molecule is CNCC1CCCN(CC(=O)Nc2ccc(C)c(F)c2)C1. The smallest absolute Gasteiger partial charge is 0.238 e. The molecule has 21 heavy (non-hydrogen) atoms. The second kappa shape index (κ2) is 7.52. The lowest BCUT2D eigenvalue weighted by atomic mass is 9.98. The van der Waals surface area contributed by atoms with Crippen LogP contribution in [0.2, 0.25) is 0 Å². The van der Waals surface area contributed by atoms with Gasteiger partial charge in [-0.25, -0.2) is 4.39 Å². The van der Waals surface area contributed by atoms with Crippen LogP contribution < -0.4 is 10.6 Å². The Morgan fingerprint density at radius 1 is 1.48 bits per heavy atom. The highest BCUT2D eigenvalue weighted by Crippen LogP contribution is 2.16. The Morgan fingerprint density at radius 2 is 2.29 bits per heavy atom. The molecule has 116 valence electrons. The van der Waals surface area contributed by atoms with Gasteiger partial charge in [0.15, 0.2) is 0 Å². The van der Waals surface area contributed by atoms with Gasteiger partial charge < -0.3 is 10.6 Å². The van der Waals surface area contributed by atoms with Crippen molar-refractivity contribution in [3.05, 3.63) is 29.6 Å². The minimum atomic E-state index is -0.292. The van der Waals surface area contributed by atoms with Crippen molar-refractivity contribution in [1.82, 2.24) is 10.2 Å². The number of nitrogens with zero attached hydrogens (tertiary/aromatic N) is 1. The highest BCUT2D eigenvalue weighted by Gasteiger charge is 2.21. The van der Waals surface area contributed by atoms with E-state index in [1.54, 1.807) is 19.1 Å². The summed E-state index contributed by atoms with van der Waals surface area (Å²) in [4.78, 5) is 14.2. The van der Waals surface area contributed by atoms with Gasteiger partial charge in [-0.1, -0.05) is 6.07 Å². The zero-order valence-corrected chi connectivity index (χ0v) is 12.8. The van der Waals surface area contributed by atoms with E-state index in [4.69, 9.17) is 0 Å². The molecular formula is C16H24FN3O. The molecule has 0 bridgehead atoms. The number of carbonyl (C=O) groups is 1. The van der Waals surface area contributed by atoms with Crippen LogP contribution in [0.5, 0.6) is 0 Å². The average Bonchev–Trinajstić information content (AvgIpc) is 2.43. The number of aryl methyl sites for hydroxylation is 1. The third kappa shape index (κ3) is 4.79. The van der Waals surface area contributed by atoms with Gasteiger partial charge in [0.2, 0.25) is 5.91 Å². The van der Waals surface area contributed by atoms with Gasteiger partial charge in [-0.15, -0.1) is 0 Å². The molecule has 0 aromatic heterocycles. The largest absolute Gasteiger partial charge is 0.325 e. The van der Waals surface area contributed by atoms with Crippen LogP contribution in [0.15, 0.2) is 18.2 Å². The van der Waals surface area contributed by atoms with E-state index < -0.39 is 0 Å². The summed E-state index contributed by atoms with van der Waals surface area (Å²) in [6, 6.07) is 4.78. The highest BCUT2D eigenvalue weighted by atomic mass is 19.1. The van der Waals surface area contributed by atoms with Gasteiger partial charge in [0.05, 0.1) is 6.54 Å². The lowest BCUT2D eigenvalue weighted by Gasteiger charge is -2.32. The van der Waals surface area contributed by atoms with Crippen molar-refractivity contribution in [3.63, 3.8) is 0 Å². The zero-order chi connectivity index (χ0) is 15.2. The van der Waals surface area contributed by atoms with Crippen LogP contribution in [-0.4, -0.2) is 44.0 Å². The van der Waals surface area contributed by atoms with Gasteiger partial charge in [-0.2, -0.15) is 0 Å². The monoisotopic (exact) mass is 293 g/mol. The molecule has 0 spiro atoms. The highest BCUT2D eigenvalue weighted by molar-refractivity contribution is 5.92. The molecule has 0 aliphatic carbocycles. The molecule has 1 aromatic carbocycles. The molecule has 2 N–H and O–H groups in total. The van der Waals surface area contributed by atoms with Crippen LogP contribution in [0.1, 0.15) is 18.4 Å². The maximum Gasteiger partial charge on any atom is 0.238 e. The molecule has 1 aliphatic heterocycles. The van der Waals surface area contributed by atoms with Gasteiger partial charge in [-0.05, 0) is 63.5 Å². The maximum atomic E-state index is 13.5. The summed E-state index contributed by atoms with van der Waals surface area (Å²) in [6.45, 7) is 4.96. The number of hydrogen-bond donors (Lipinski definition) is 2. The van der Waals surface area contributed by atoms with Crippen molar-refractivity contribution >= 4 is 11.6 Å². The molecule has 1 atom stereocenters. The number of hydrogen-bond acceptors (Lipinski definition) is 3. The van der Waals surface area contributed by atoms with E-state index in [9.17, 15) is 9.18 Å². The summed E-state index contributed by atoms with van der Waals surface area (Å²) < 4.78 is 13.5. The molecule has 1 fully saturated rings. The third-order valence-corrected chi connectivity index (χ3v) is 3.92. The standard InChI is InChI=1S/C16H24FN3O/c1-12-5-6-14(8-15(12)17)19-16(21)11-20-7-3-4-13(10-20)9-18-2/h5-6,8,13,18H,3-4,7,9-11H2,1-2H3,(H,19,21). The van der Waals surface area contributed by atoms with Crippen LogP contribution in [0.25, 0.3) is 0 Å². The quantitative estimate of drug-likeness (QED) is 0.873. The van der Waals surface area contributed by atoms with E-state index in [0.29, 0.717) is 23.7 Å². The van der Waals surface area contributed by atoms with E-state index in [1.807, 2.05) is 7.05 Å². The Hall–Kier alpha value is -1.46. The summed E-state index contributed by atoms with van der Waals surface area (Å²) >= 11 is 0. The van der Waals surface area contributed by atoms with Crippen molar-refractivity contribution in [2.45, 2.75) is 19.8 Å². The van der Waals surface area contributed by atoms with E-state index >= 15 is 0 Å². The molecule has 0 radical (unpaired) electrons. The molecule has 1 unspecified atom stereocenters. The van der Waals surface area contributed by atoms with Crippen LogP contribution in [-0.2, 0) is 4.79 Å². The minimum Gasteiger partial charge on any atom is -0.325 e. The second-order valence-corrected chi connectivity index (χ2v) is 5.81. The molecule has 2 rings (SSSR count). The van der Waals surface area contributed by atoms with E-state index in [2.05, 4.69) is 15.5 Å². The van der Waals surface area contributed by atoms with E-state index in [0.717, 1.165) is 26.1 Å². The Morgan fingerprint density at radius 3 is 3.00 bits per heavy atom. The van der Waals surface area contributed by atoms with Crippen LogP contribution >= 0.6 is 0 Å².